The molecule has 0 fully saturated rings. The van der Waals surface area contributed by atoms with Crippen molar-refractivity contribution in [2.45, 2.75) is 0 Å². The van der Waals surface area contributed by atoms with Crippen molar-refractivity contribution in [1.29, 1.82) is 0 Å². The zero-order valence-electron chi connectivity index (χ0n) is 37.8. The van der Waals surface area contributed by atoms with E-state index in [2.05, 4.69) is 0 Å². The summed E-state index contributed by atoms with van der Waals surface area (Å²) in [7, 11) is 0. The summed E-state index contributed by atoms with van der Waals surface area (Å²) in [4.78, 5) is 0. The summed E-state index contributed by atoms with van der Waals surface area (Å²) >= 11 is 0. The van der Waals surface area contributed by atoms with Gasteiger partial charge in [-0.3, -0.25) is 0 Å². The van der Waals surface area contributed by atoms with Crippen LogP contribution in [0.1, 0.15) is 27.4 Å². The van der Waals surface area contributed by atoms with Crippen molar-refractivity contribution >= 4 is 54.5 Å². The van der Waals surface area contributed by atoms with Crippen LogP contribution in [-0.4, -0.2) is 0 Å². The van der Waals surface area contributed by atoms with Gasteiger partial charge in [-0.25, -0.2) is 0 Å². The van der Waals surface area contributed by atoms with Gasteiger partial charge in [-0.05, 0) is 61.9 Å². The lowest BCUT2D eigenvalue weighted by atomic mass is 9.84. The van der Waals surface area contributed by atoms with Gasteiger partial charge < -0.3 is 8.83 Å². The van der Waals surface area contributed by atoms with E-state index >= 15 is 0 Å². The van der Waals surface area contributed by atoms with Crippen LogP contribution in [0.5, 0.6) is 0 Å². The highest BCUT2D eigenvalue weighted by molar-refractivity contribution is 6.28. The third-order valence-corrected chi connectivity index (χ3v) is 5.98. The van der Waals surface area contributed by atoms with Crippen molar-refractivity contribution in [3.05, 3.63) is 121 Å². The number of benzene rings is 6. The van der Waals surface area contributed by atoms with Gasteiger partial charge in [0.25, 0.3) is 0 Å². The summed E-state index contributed by atoms with van der Waals surface area (Å²) in [5.74, 6) is 0. The summed E-state index contributed by atoms with van der Waals surface area (Å²) in [6.45, 7) is 0. The number of hydrogen-bond acceptors (Lipinski definition) is 2. The lowest BCUT2D eigenvalue weighted by molar-refractivity contribution is 0.615. The molecule has 36 heavy (non-hydrogen) atoms. The number of furan rings is 2. The Kier molecular flexibility index (Phi) is 1.71. The molecule has 2 aromatic heterocycles. The van der Waals surface area contributed by atoms with Gasteiger partial charge in [0.2, 0.25) is 0 Å². The predicted octanol–water partition coefficient (Wildman–Crippen LogP) is 9.97. The first-order valence-electron chi connectivity index (χ1n) is 20.6. The monoisotopic (exact) mass is 480 g/mol. The third kappa shape index (κ3) is 2.61. The molecule has 2 heteroatoms. The Morgan fingerprint density at radius 2 is 1.08 bits per heavy atom. The fourth-order valence-corrected chi connectivity index (χ4v) is 4.58. The molecule has 0 bridgehead atoms. The molecule has 0 saturated heterocycles. The highest BCUT2D eigenvalue weighted by Crippen LogP contribution is 2.48. The van der Waals surface area contributed by atoms with Crippen LogP contribution in [0.4, 0.5) is 0 Å². The van der Waals surface area contributed by atoms with Gasteiger partial charge in [-0.2, -0.15) is 0 Å². The van der Waals surface area contributed by atoms with E-state index in [0.717, 1.165) is 0 Å². The lowest BCUT2D eigenvalue weighted by Gasteiger charge is -2.18. The van der Waals surface area contributed by atoms with E-state index in [1.807, 2.05) is 0 Å². The molecule has 0 saturated carbocycles. The smallest absolute Gasteiger partial charge is 0.147 e. The molecule has 8 aromatic rings. The molecule has 0 amide bonds. The summed E-state index contributed by atoms with van der Waals surface area (Å²) in [6, 6.07) is -15.4. The quantitative estimate of drug-likeness (QED) is 0.230. The predicted molar refractivity (Wildman–Crippen MR) is 149 cm³/mol. The minimum absolute atomic E-state index is 0.306. The highest BCUT2D eigenvalue weighted by atomic mass is 16.3. The molecule has 0 aliphatic rings. The first kappa shape index (κ1) is 8.39. The first-order valence-corrected chi connectivity index (χ1v) is 10.6. The summed E-state index contributed by atoms with van der Waals surface area (Å²) in [5.41, 5.74) is -3.63. The summed E-state index contributed by atoms with van der Waals surface area (Å²) in [6.07, 6.45) is -0.762. The Morgan fingerprint density at radius 3 is 1.78 bits per heavy atom. The second-order valence-electron chi connectivity index (χ2n) is 7.79. The standard InChI is InChI=1S/C34H20O2/c1-2-10-21(11-3-1)31-22-12-4-6-14-24(22)32(25-15-7-5-13-23(25)31)28-20-30-27(18-19-35-30)34-33(28)26-16-8-9-17-29(26)36-34/h1-20H/i1D,2D,3D,4D,5D,6D,7D,8D,9D,10D,11D,12D,13D,14D,15D,16D,17D,18D,19D,20D. The maximum atomic E-state index is 9.55. The molecule has 0 atom stereocenters. The van der Waals surface area contributed by atoms with E-state index in [9.17, 15) is 6.85 Å². The molecule has 0 spiro atoms. The molecule has 0 unspecified atom stereocenters. The molecule has 168 valence electrons. The maximum absolute atomic E-state index is 9.55. The molecule has 0 aliphatic carbocycles. The highest BCUT2D eigenvalue weighted by Gasteiger charge is 2.22. The number of hydrogen-bond donors (Lipinski definition) is 0. The second-order valence-corrected chi connectivity index (χ2v) is 7.79. The Hall–Kier alpha value is -4.82. The minimum Gasteiger partial charge on any atom is -0.464 e. The number of rotatable bonds is 2. The van der Waals surface area contributed by atoms with Crippen LogP contribution in [0.2, 0.25) is 0 Å². The molecule has 0 N–H and O–H groups in total. The molecule has 8 rings (SSSR count). The summed E-state index contributed by atoms with van der Waals surface area (Å²) in [5, 5.41) is -3.32. The van der Waals surface area contributed by atoms with Gasteiger partial charge in [0.15, 0.2) is 0 Å². The fraction of sp³-hybridized carbons (Fsp3) is 0. The van der Waals surface area contributed by atoms with E-state index in [0.29, 0.717) is 0 Å². The molecular formula is C34H20O2. The SMILES string of the molecule is [2H]c1oc2c([2H])c(-c3c4c([2H])c([2H])c([2H])c([2H])c4c(-c4c([2H])c([2H])c([2H])c([2H])c4[2H])c4c([2H])c([2H])c([2H])c([2H])c34)c3c(oc4c([2H])c([2H])c([2H])c([2H])c43)c2c1[2H]. The van der Waals surface area contributed by atoms with Crippen LogP contribution >= 0.6 is 0 Å². The Balaban J connectivity index is 1.84. The molecule has 2 heterocycles. The van der Waals surface area contributed by atoms with Crippen molar-refractivity contribution in [1.82, 2.24) is 0 Å². The van der Waals surface area contributed by atoms with E-state index < -0.39 is 182 Å². The second kappa shape index (κ2) is 7.34. The normalized spacial score (nSPS) is 19.7. The topological polar surface area (TPSA) is 26.3 Å². The van der Waals surface area contributed by atoms with E-state index in [1.54, 1.807) is 0 Å². The first-order chi connectivity index (χ1) is 26.2. The van der Waals surface area contributed by atoms with Crippen molar-refractivity contribution in [3.63, 3.8) is 0 Å². The molecular weight excluding hydrogens is 440 g/mol. The van der Waals surface area contributed by atoms with E-state index in [4.69, 9.17) is 29.4 Å². The zero-order chi connectivity index (χ0) is 41.0. The average Bonchev–Trinajstić information content (AvgIpc) is 3.71. The Morgan fingerprint density at radius 1 is 0.500 bits per heavy atom. The van der Waals surface area contributed by atoms with Gasteiger partial charge in [0.05, 0.1) is 37.7 Å². The Bertz CT molecular complexity index is 3090. The van der Waals surface area contributed by atoms with Gasteiger partial charge >= 0.3 is 0 Å². The largest absolute Gasteiger partial charge is 0.464 e. The van der Waals surface area contributed by atoms with Crippen molar-refractivity contribution in [2.75, 3.05) is 0 Å². The van der Waals surface area contributed by atoms with E-state index in [-0.39, 0.29) is 16.2 Å². The molecule has 2 nitrogen and oxygen atoms in total. The van der Waals surface area contributed by atoms with E-state index in [1.165, 1.54) is 0 Å². The Labute approximate surface area is 235 Å². The van der Waals surface area contributed by atoms with Crippen molar-refractivity contribution < 1.29 is 36.2 Å². The molecule has 6 aromatic carbocycles. The lowest BCUT2D eigenvalue weighted by Crippen LogP contribution is -1.91. The number of fused-ring (bicyclic) bond motifs is 7. The van der Waals surface area contributed by atoms with Gasteiger partial charge in [-0.1, -0.05) is 96.7 Å². The minimum atomic E-state index is -0.876. The summed E-state index contributed by atoms with van der Waals surface area (Å²) < 4.78 is 187. The average molecular weight is 481 g/mol. The van der Waals surface area contributed by atoms with Gasteiger partial charge in [0.1, 0.15) is 18.1 Å². The van der Waals surface area contributed by atoms with Gasteiger partial charge in [-0.15, -0.1) is 0 Å². The zero-order valence-corrected chi connectivity index (χ0v) is 17.8. The number of para-hydroxylation sites is 1. The van der Waals surface area contributed by atoms with Crippen LogP contribution in [0.25, 0.3) is 76.7 Å². The van der Waals surface area contributed by atoms with Crippen LogP contribution in [0, 0.1) is 0 Å². The third-order valence-electron chi connectivity index (χ3n) is 5.98. The van der Waals surface area contributed by atoms with Gasteiger partial charge in [0, 0.05) is 10.8 Å². The van der Waals surface area contributed by atoms with Crippen LogP contribution in [-0.2, 0) is 0 Å². The molecule has 0 radical (unpaired) electrons. The maximum Gasteiger partial charge on any atom is 0.147 e. The van der Waals surface area contributed by atoms with Crippen LogP contribution in [0.15, 0.2) is 130 Å². The van der Waals surface area contributed by atoms with Crippen molar-refractivity contribution in [3.8, 4) is 22.3 Å². The van der Waals surface area contributed by atoms with Crippen LogP contribution < -0.4 is 0 Å². The van der Waals surface area contributed by atoms with Crippen LogP contribution in [0.3, 0.4) is 0 Å². The van der Waals surface area contributed by atoms with Crippen molar-refractivity contribution in [2.24, 2.45) is 0 Å². The fourth-order valence-electron chi connectivity index (χ4n) is 4.58. The molecule has 0 aliphatic heterocycles.